The fraction of sp³-hybridized carbons (Fsp3) is 0.455. The van der Waals surface area contributed by atoms with Gasteiger partial charge in [0.25, 0.3) is 0 Å². The van der Waals surface area contributed by atoms with Crippen molar-refractivity contribution in [2.45, 2.75) is 57.0 Å². The smallest absolute Gasteiger partial charge is 0.126 e. The number of aryl methyl sites for hydroxylation is 2. The molecule has 1 saturated heterocycles. The maximum Gasteiger partial charge on any atom is 0.126 e. The van der Waals surface area contributed by atoms with Crippen molar-refractivity contribution < 1.29 is 8.78 Å². The van der Waals surface area contributed by atoms with Crippen LogP contribution in [0.3, 0.4) is 0 Å². The maximum absolute atomic E-state index is 13.8. The topological polar surface area (TPSA) is 3.24 Å². The van der Waals surface area contributed by atoms with Crippen LogP contribution in [0.5, 0.6) is 0 Å². The van der Waals surface area contributed by atoms with E-state index in [-0.39, 0.29) is 11.6 Å². The van der Waals surface area contributed by atoms with Crippen molar-refractivity contribution in [3.63, 3.8) is 0 Å². The molecule has 2 atom stereocenters. The molecule has 2 aromatic carbocycles. The van der Waals surface area contributed by atoms with Gasteiger partial charge >= 0.3 is 0 Å². The summed E-state index contributed by atoms with van der Waals surface area (Å²) in [5, 5.41) is 0. The van der Waals surface area contributed by atoms with Gasteiger partial charge in [-0.1, -0.05) is 42.8 Å². The summed E-state index contributed by atoms with van der Waals surface area (Å²) in [6, 6.07) is 15.1. The minimum absolute atomic E-state index is 0.0999. The van der Waals surface area contributed by atoms with Crippen LogP contribution in [-0.4, -0.2) is 24.0 Å². The van der Waals surface area contributed by atoms with Gasteiger partial charge in [-0.25, -0.2) is 8.78 Å². The zero-order chi connectivity index (χ0) is 17.6. The molecule has 25 heavy (non-hydrogen) atoms. The summed E-state index contributed by atoms with van der Waals surface area (Å²) in [6.45, 7) is 0. The fourth-order valence-corrected chi connectivity index (χ4v) is 4.04. The van der Waals surface area contributed by atoms with Crippen molar-refractivity contribution in [1.29, 1.82) is 0 Å². The molecule has 0 spiro atoms. The second kappa shape index (κ2) is 8.57. The summed E-state index contributed by atoms with van der Waals surface area (Å²) in [7, 11) is 2.18. The third-order valence-electron chi connectivity index (χ3n) is 5.64. The quantitative estimate of drug-likeness (QED) is 0.680. The number of likely N-dealkylation sites (tertiary alicyclic amines) is 1. The van der Waals surface area contributed by atoms with Crippen molar-refractivity contribution in [1.82, 2.24) is 4.90 Å². The Balaban J connectivity index is 1.54. The van der Waals surface area contributed by atoms with E-state index in [4.69, 9.17) is 0 Å². The van der Waals surface area contributed by atoms with Gasteiger partial charge in [0.05, 0.1) is 0 Å². The largest absolute Gasteiger partial charge is 0.300 e. The van der Waals surface area contributed by atoms with Crippen LogP contribution in [-0.2, 0) is 12.8 Å². The number of hydrogen-bond acceptors (Lipinski definition) is 1. The minimum atomic E-state index is -0.0999. The van der Waals surface area contributed by atoms with Crippen LogP contribution < -0.4 is 0 Å². The Bertz CT molecular complexity index is 628. The predicted octanol–water partition coefficient (Wildman–Crippen LogP) is 5.38. The zero-order valence-corrected chi connectivity index (χ0v) is 14.9. The fourth-order valence-electron chi connectivity index (χ4n) is 4.04. The average molecular weight is 343 g/mol. The first-order valence-corrected chi connectivity index (χ1v) is 9.34. The molecule has 1 heterocycles. The molecule has 0 bridgehead atoms. The summed E-state index contributed by atoms with van der Waals surface area (Å²) in [5.74, 6) is -0.200. The van der Waals surface area contributed by atoms with Gasteiger partial charge in [-0.3, -0.25) is 0 Å². The number of piperidine rings is 1. The Labute approximate surface area is 149 Å². The van der Waals surface area contributed by atoms with Crippen molar-refractivity contribution in [3.8, 4) is 0 Å². The highest BCUT2D eigenvalue weighted by atomic mass is 19.1. The molecule has 134 valence electrons. The van der Waals surface area contributed by atoms with Crippen LogP contribution >= 0.6 is 0 Å². The highest BCUT2D eigenvalue weighted by Crippen LogP contribution is 2.27. The molecule has 0 N–H and O–H groups in total. The summed E-state index contributed by atoms with van der Waals surface area (Å²) >= 11 is 0. The molecule has 0 unspecified atom stereocenters. The van der Waals surface area contributed by atoms with E-state index in [9.17, 15) is 8.78 Å². The Kier molecular flexibility index (Phi) is 6.19. The average Bonchev–Trinajstić information content (AvgIpc) is 2.62. The second-order valence-electron chi connectivity index (χ2n) is 7.16. The van der Waals surface area contributed by atoms with Gasteiger partial charge < -0.3 is 4.90 Å². The Morgan fingerprint density at radius 1 is 0.800 bits per heavy atom. The molecular formula is C22H27F2N. The number of rotatable bonds is 6. The summed E-state index contributed by atoms with van der Waals surface area (Å²) < 4.78 is 27.6. The molecule has 0 radical (unpaired) electrons. The van der Waals surface area contributed by atoms with Gasteiger partial charge in [0.1, 0.15) is 11.6 Å². The molecule has 0 aliphatic carbocycles. The molecule has 0 saturated carbocycles. The van der Waals surface area contributed by atoms with Gasteiger partial charge in [-0.2, -0.15) is 0 Å². The SMILES string of the molecule is CN1[C@@H](CCc2ccccc2F)CCC[C@H]1CCc1ccccc1F. The van der Waals surface area contributed by atoms with Crippen molar-refractivity contribution in [2.75, 3.05) is 7.05 Å². The van der Waals surface area contributed by atoms with E-state index < -0.39 is 0 Å². The van der Waals surface area contributed by atoms with E-state index in [1.165, 1.54) is 31.4 Å². The lowest BCUT2D eigenvalue weighted by atomic mass is 9.89. The van der Waals surface area contributed by atoms with E-state index in [1.807, 2.05) is 24.3 Å². The number of hydrogen-bond donors (Lipinski definition) is 0. The Hall–Kier alpha value is -1.74. The van der Waals surface area contributed by atoms with Crippen LogP contribution in [0.4, 0.5) is 8.78 Å². The Morgan fingerprint density at radius 3 is 1.68 bits per heavy atom. The van der Waals surface area contributed by atoms with Crippen molar-refractivity contribution in [2.24, 2.45) is 0 Å². The van der Waals surface area contributed by atoms with E-state index in [0.717, 1.165) is 36.8 Å². The second-order valence-corrected chi connectivity index (χ2v) is 7.16. The summed E-state index contributed by atoms with van der Waals surface area (Å²) in [5.41, 5.74) is 1.62. The predicted molar refractivity (Wildman–Crippen MR) is 98.6 cm³/mol. The number of halogens is 2. The molecule has 1 nitrogen and oxygen atoms in total. The first kappa shape index (κ1) is 18.1. The van der Waals surface area contributed by atoms with Crippen LogP contribution in [0.1, 0.15) is 43.2 Å². The first-order valence-electron chi connectivity index (χ1n) is 9.34. The monoisotopic (exact) mass is 343 g/mol. The molecule has 1 aliphatic heterocycles. The van der Waals surface area contributed by atoms with Gasteiger partial charge in [-0.05, 0) is 68.8 Å². The minimum Gasteiger partial charge on any atom is -0.300 e. The number of benzene rings is 2. The molecule has 0 amide bonds. The lowest BCUT2D eigenvalue weighted by Crippen LogP contribution is -2.44. The summed E-state index contributed by atoms with van der Waals surface area (Å²) in [6.07, 6.45) is 7.06. The molecular weight excluding hydrogens is 316 g/mol. The van der Waals surface area contributed by atoms with Gasteiger partial charge in [0.2, 0.25) is 0 Å². The van der Waals surface area contributed by atoms with Crippen molar-refractivity contribution in [3.05, 3.63) is 71.3 Å². The Morgan fingerprint density at radius 2 is 1.24 bits per heavy atom. The van der Waals surface area contributed by atoms with E-state index in [1.54, 1.807) is 12.1 Å². The molecule has 3 heteroatoms. The van der Waals surface area contributed by atoms with Gasteiger partial charge in [-0.15, -0.1) is 0 Å². The third-order valence-corrected chi connectivity index (χ3v) is 5.64. The zero-order valence-electron chi connectivity index (χ0n) is 14.9. The standard InChI is InChI=1S/C22H27F2N/c1-25-19(15-13-17-7-2-4-11-21(17)23)9-6-10-20(25)16-14-18-8-3-5-12-22(18)24/h2-5,7-8,11-12,19-20H,6,9-10,13-16H2,1H3/t19-,20+. The van der Waals surface area contributed by atoms with Crippen molar-refractivity contribution >= 4 is 0 Å². The molecule has 3 rings (SSSR count). The highest BCUT2D eigenvalue weighted by molar-refractivity contribution is 5.18. The molecule has 0 aromatic heterocycles. The normalized spacial score (nSPS) is 21.4. The van der Waals surface area contributed by atoms with Gasteiger partial charge in [0.15, 0.2) is 0 Å². The lowest BCUT2D eigenvalue weighted by molar-refractivity contribution is 0.102. The molecule has 1 fully saturated rings. The van der Waals surface area contributed by atoms with Crippen LogP contribution in [0.25, 0.3) is 0 Å². The molecule has 2 aromatic rings. The van der Waals surface area contributed by atoms with Crippen LogP contribution in [0, 0.1) is 11.6 Å². The van der Waals surface area contributed by atoms with Crippen LogP contribution in [0.2, 0.25) is 0 Å². The molecule has 1 aliphatic rings. The maximum atomic E-state index is 13.8. The van der Waals surface area contributed by atoms with Crippen LogP contribution in [0.15, 0.2) is 48.5 Å². The lowest BCUT2D eigenvalue weighted by Gasteiger charge is -2.40. The number of nitrogens with zero attached hydrogens (tertiary/aromatic N) is 1. The van der Waals surface area contributed by atoms with Gasteiger partial charge in [0, 0.05) is 12.1 Å². The first-order chi connectivity index (χ1) is 12.1. The summed E-state index contributed by atoms with van der Waals surface area (Å²) in [4.78, 5) is 2.45. The van der Waals surface area contributed by atoms with E-state index in [0.29, 0.717) is 12.1 Å². The van der Waals surface area contributed by atoms with E-state index >= 15 is 0 Å². The third kappa shape index (κ3) is 4.66. The van der Waals surface area contributed by atoms with E-state index in [2.05, 4.69) is 11.9 Å². The highest BCUT2D eigenvalue weighted by Gasteiger charge is 2.27.